The molecule has 0 amide bonds. The number of likely N-dealkylation sites (tertiary alicyclic amines) is 1. The van der Waals surface area contributed by atoms with Gasteiger partial charge in [-0.15, -0.1) is 0 Å². The van der Waals surface area contributed by atoms with E-state index >= 15 is 0 Å². The number of β-amino-alcohol motifs (C(OH)–C–C–N with tert-alkyl or cyclic N) is 1. The van der Waals surface area contributed by atoms with Crippen molar-refractivity contribution in [1.29, 1.82) is 0 Å². The largest absolute Gasteiger partial charge is 0.387 e. The van der Waals surface area contributed by atoms with Gasteiger partial charge in [-0.05, 0) is 38.4 Å². The summed E-state index contributed by atoms with van der Waals surface area (Å²) in [4.78, 5) is 13.0. The van der Waals surface area contributed by atoms with E-state index in [9.17, 15) is 5.11 Å². The molecule has 0 bridgehead atoms. The first kappa shape index (κ1) is 12.8. The molecule has 1 aromatic heterocycles. The van der Waals surface area contributed by atoms with Crippen molar-refractivity contribution in [2.75, 3.05) is 37.6 Å². The van der Waals surface area contributed by atoms with E-state index in [1.807, 2.05) is 6.07 Å². The van der Waals surface area contributed by atoms with Crippen LogP contribution in [0, 0.1) is 0 Å². The number of rotatable bonds is 3. The second-order valence-corrected chi connectivity index (χ2v) is 5.78. The molecule has 5 nitrogen and oxygen atoms in total. The number of hydrogen-bond donors (Lipinski definition) is 1. The third-order valence-corrected chi connectivity index (χ3v) is 4.13. The Labute approximate surface area is 114 Å². The second kappa shape index (κ2) is 5.43. The van der Waals surface area contributed by atoms with Crippen molar-refractivity contribution in [1.82, 2.24) is 14.9 Å². The van der Waals surface area contributed by atoms with E-state index in [0.717, 1.165) is 38.5 Å². The van der Waals surface area contributed by atoms with Gasteiger partial charge in [0.05, 0.1) is 12.1 Å². The number of nitrogens with zero attached hydrogens (tertiary/aromatic N) is 4. The molecule has 1 N–H and O–H groups in total. The van der Waals surface area contributed by atoms with Crippen molar-refractivity contribution in [2.45, 2.75) is 31.3 Å². The maximum atomic E-state index is 10.7. The molecule has 2 aliphatic heterocycles. The molecular formula is C14H22N4O. The van der Waals surface area contributed by atoms with Crippen LogP contribution in [0.2, 0.25) is 0 Å². The van der Waals surface area contributed by atoms with Gasteiger partial charge in [0.1, 0.15) is 0 Å². The summed E-state index contributed by atoms with van der Waals surface area (Å²) in [5.41, 5.74) is -0.601. The van der Waals surface area contributed by atoms with Gasteiger partial charge >= 0.3 is 0 Å². The van der Waals surface area contributed by atoms with Crippen molar-refractivity contribution in [3.8, 4) is 0 Å². The highest BCUT2D eigenvalue weighted by Gasteiger charge is 2.38. The molecule has 3 heterocycles. The Kier molecular flexibility index (Phi) is 3.66. The predicted molar refractivity (Wildman–Crippen MR) is 74.1 cm³/mol. The SMILES string of the molecule is OC1(CN2CCCCC2)CCN(c2ncccn2)C1. The van der Waals surface area contributed by atoms with Gasteiger partial charge < -0.3 is 14.9 Å². The summed E-state index contributed by atoms with van der Waals surface area (Å²) in [6, 6.07) is 1.82. The van der Waals surface area contributed by atoms with Crippen LogP contribution in [0.25, 0.3) is 0 Å². The van der Waals surface area contributed by atoms with Crippen LogP contribution in [0.1, 0.15) is 25.7 Å². The molecular weight excluding hydrogens is 240 g/mol. The maximum absolute atomic E-state index is 10.7. The van der Waals surface area contributed by atoms with Crippen LogP contribution in [-0.4, -0.2) is 58.3 Å². The zero-order chi connectivity index (χ0) is 13.1. The standard InChI is InChI=1S/C14H22N4O/c19-14(11-17-8-2-1-3-9-17)5-10-18(12-14)13-15-6-4-7-16-13/h4,6-7,19H,1-3,5,8-12H2. The lowest BCUT2D eigenvalue weighted by Gasteiger charge is -2.33. The smallest absolute Gasteiger partial charge is 0.225 e. The van der Waals surface area contributed by atoms with Crippen LogP contribution in [0.4, 0.5) is 5.95 Å². The average molecular weight is 262 g/mol. The quantitative estimate of drug-likeness (QED) is 0.877. The number of hydrogen-bond acceptors (Lipinski definition) is 5. The van der Waals surface area contributed by atoms with Crippen molar-refractivity contribution >= 4 is 5.95 Å². The Hall–Kier alpha value is -1.20. The molecule has 104 valence electrons. The lowest BCUT2D eigenvalue weighted by molar-refractivity contribution is 0.0169. The fourth-order valence-electron chi connectivity index (χ4n) is 3.14. The molecule has 1 unspecified atom stereocenters. The molecule has 2 saturated heterocycles. The summed E-state index contributed by atoms with van der Waals surface area (Å²) in [5.74, 6) is 0.733. The van der Waals surface area contributed by atoms with E-state index in [2.05, 4.69) is 19.8 Å². The molecule has 0 aliphatic carbocycles. The Morgan fingerprint density at radius 2 is 1.84 bits per heavy atom. The van der Waals surface area contributed by atoms with Crippen LogP contribution in [0.15, 0.2) is 18.5 Å². The minimum absolute atomic E-state index is 0.601. The van der Waals surface area contributed by atoms with E-state index in [0.29, 0.717) is 6.54 Å². The Morgan fingerprint density at radius 3 is 2.58 bits per heavy atom. The van der Waals surface area contributed by atoms with Crippen molar-refractivity contribution < 1.29 is 5.11 Å². The monoisotopic (exact) mass is 262 g/mol. The lowest BCUT2D eigenvalue weighted by atomic mass is 10.0. The minimum atomic E-state index is -0.601. The second-order valence-electron chi connectivity index (χ2n) is 5.78. The van der Waals surface area contributed by atoms with Gasteiger partial charge in [0.15, 0.2) is 0 Å². The first-order valence-electron chi connectivity index (χ1n) is 7.22. The molecule has 1 atom stereocenters. The Bertz CT molecular complexity index is 407. The summed E-state index contributed by atoms with van der Waals surface area (Å²) in [6.07, 6.45) is 8.18. The van der Waals surface area contributed by atoms with Gasteiger partial charge in [-0.2, -0.15) is 0 Å². The molecule has 2 fully saturated rings. The minimum Gasteiger partial charge on any atom is -0.387 e. The highest BCUT2D eigenvalue weighted by molar-refractivity contribution is 5.32. The zero-order valence-electron chi connectivity index (χ0n) is 11.3. The third-order valence-electron chi connectivity index (χ3n) is 4.13. The molecule has 5 heteroatoms. The van der Waals surface area contributed by atoms with Crippen LogP contribution in [0.3, 0.4) is 0 Å². The van der Waals surface area contributed by atoms with E-state index in [-0.39, 0.29) is 0 Å². The first-order valence-corrected chi connectivity index (χ1v) is 7.22. The van der Waals surface area contributed by atoms with E-state index in [4.69, 9.17) is 0 Å². The third kappa shape index (κ3) is 3.04. The summed E-state index contributed by atoms with van der Waals surface area (Å²) < 4.78 is 0. The van der Waals surface area contributed by atoms with Gasteiger partial charge in [-0.25, -0.2) is 9.97 Å². The highest BCUT2D eigenvalue weighted by Crippen LogP contribution is 2.26. The summed E-state index contributed by atoms with van der Waals surface area (Å²) in [6.45, 7) is 4.53. The fraction of sp³-hybridized carbons (Fsp3) is 0.714. The van der Waals surface area contributed by atoms with Gasteiger partial charge in [-0.1, -0.05) is 6.42 Å². The summed E-state index contributed by atoms with van der Waals surface area (Å²) in [5, 5.41) is 10.7. The molecule has 3 rings (SSSR count). The van der Waals surface area contributed by atoms with Crippen LogP contribution in [0.5, 0.6) is 0 Å². The molecule has 19 heavy (non-hydrogen) atoms. The van der Waals surface area contributed by atoms with Gasteiger partial charge in [-0.3, -0.25) is 0 Å². The molecule has 0 aromatic carbocycles. The molecule has 0 radical (unpaired) electrons. The number of anilines is 1. The maximum Gasteiger partial charge on any atom is 0.225 e. The van der Waals surface area contributed by atoms with E-state index in [1.54, 1.807) is 12.4 Å². The molecule has 0 saturated carbocycles. The number of aromatic nitrogens is 2. The number of aliphatic hydroxyl groups is 1. The molecule has 2 aliphatic rings. The normalized spacial score (nSPS) is 28.8. The van der Waals surface area contributed by atoms with Gasteiger partial charge in [0, 0.05) is 25.5 Å². The fourth-order valence-corrected chi connectivity index (χ4v) is 3.14. The van der Waals surface area contributed by atoms with E-state index < -0.39 is 5.60 Å². The van der Waals surface area contributed by atoms with Gasteiger partial charge in [0.25, 0.3) is 0 Å². The molecule has 0 spiro atoms. The highest BCUT2D eigenvalue weighted by atomic mass is 16.3. The Balaban J connectivity index is 1.60. The predicted octanol–water partition coefficient (Wildman–Crippen LogP) is 0.904. The van der Waals surface area contributed by atoms with Crippen LogP contribution >= 0.6 is 0 Å². The number of piperidine rings is 1. The summed E-state index contributed by atoms with van der Waals surface area (Å²) in [7, 11) is 0. The van der Waals surface area contributed by atoms with Crippen molar-refractivity contribution in [2.24, 2.45) is 0 Å². The summed E-state index contributed by atoms with van der Waals surface area (Å²) >= 11 is 0. The zero-order valence-corrected chi connectivity index (χ0v) is 11.3. The lowest BCUT2D eigenvalue weighted by Crippen LogP contribution is -2.46. The van der Waals surface area contributed by atoms with Crippen molar-refractivity contribution in [3.63, 3.8) is 0 Å². The first-order chi connectivity index (χ1) is 9.25. The Morgan fingerprint density at radius 1 is 1.11 bits per heavy atom. The van der Waals surface area contributed by atoms with Crippen LogP contribution < -0.4 is 4.90 Å². The van der Waals surface area contributed by atoms with E-state index in [1.165, 1.54) is 19.3 Å². The topological polar surface area (TPSA) is 52.5 Å². The molecule has 1 aromatic rings. The van der Waals surface area contributed by atoms with Crippen LogP contribution in [-0.2, 0) is 0 Å². The van der Waals surface area contributed by atoms with Crippen molar-refractivity contribution in [3.05, 3.63) is 18.5 Å². The average Bonchev–Trinajstić information content (AvgIpc) is 2.83. The van der Waals surface area contributed by atoms with Gasteiger partial charge in [0.2, 0.25) is 5.95 Å².